The molecule has 0 aliphatic carbocycles. The zero-order chi connectivity index (χ0) is 12.4. The summed E-state index contributed by atoms with van der Waals surface area (Å²) in [6.45, 7) is 1.87. The minimum atomic E-state index is -0.689. The van der Waals surface area contributed by atoms with Gasteiger partial charge in [0.2, 0.25) is 0 Å². The van der Waals surface area contributed by atoms with Gasteiger partial charge in [-0.3, -0.25) is 0 Å². The van der Waals surface area contributed by atoms with E-state index in [1.807, 2.05) is 13.0 Å². The van der Waals surface area contributed by atoms with Crippen molar-refractivity contribution in [3.05, 3.63) is 53.6 Å². The third kappa shape index (κ3) is 2.72. The maximum atomic E-state index is 13.0. The molecule has 0 aliphatic rings. The fraction of sp³-hybridized carbons (Fsp3) is 0.0769. The topological polar surface area (TPSA) is 35.2 Å². The monoisotopic (exact) mass is 235 g/mol. The number of hydrogen-bond donors (Lipinski definition) is 1. The molecule has 17 heavy (non-hydrogen) atoms. The van der Waals surface area contributed by atoms with Crippen LogP contribution in [0.3, 0.4) is 0 Å². The van der Waals surface area contributed by atoms with Crippen LogP contribution in [-0.4, -0.2) is 0 Å². The lowest BCUT2D eigenvalue weighted by molar-refractivity contribution is 0.470. The molecule has 88 valence electrons. The minimum Gasteiger partial charge on any atom is -0.455 e. The van der Waals surface area contributed by atoms with Crippen molar-refractivity contribution in [3.63, 3.8) is 0 Å². The van der Waals surface area contributed by atoms with Gasteiger partial charge in [-0.05, 0) is 24.6 Å². The van der Waals surface area contributed by atoms with Crippen LogP contribution in [-0.2, 0) is 0 Å². The summed E-state index contributed by atoms with van der Waals surface area (Å²) in [7, 11) is 0. The molecular formula is C13H11F2NO. The molecule has 0 fully saturated rings. The minimum absolute atomic E-state index is 0.0831. The third-order valence-corrected chi connectivity index (χ3v) is 2.23. The Morgan fingerprint density at radius 2 is 1.65 bits per heavy atom. The lowest BCUT2D eigenvalue weighted by Crippen LogP contribution is -1.93. The first-order valence-corrected chi connectivity index (χ1v) is 5.04. The molecule has 2 nitrogen and oxygen atoms in total. The Hall–Kier alpha value is -2.10. The predicted octanol–water partition coefficient (Wildman–Crippen LogP) is 3.65. The fourth-order valence-electron chi connectivity index (χ4n) is 1.44. The van der Waals surface area contributed by atoms with Crippen molar-refractivity contribution in [2.45, 2.75) is 6.92 Å². The summed E-state index contributed by atoms with van der Waals surface area (Å²) in [5, 5.41) is 0. The highest BCUT2D eigenvalue weighted by molar-refractivity contribution is 5.55. The number of hydrogen-bond acceptors (Lipinski definition) is 2. The molecule has 0 unspecified atom stereocenters. The van der Waals surface area contributed by atoms with Crippen LogP contribution in [0.2, 0.25) is 0 Å². The normalized spacial score (nSPS) is 10.3. The molecule has 0 heterocycles. The second-order valence-corrected chi connectivity index (χ2v) is 3.75. The summed E-state index contributed by atoms with van der Waals surface area (Å²) in [6.07, 6.45) is 0. The third-order valence-electron chi connectivity index (χ3n) is 2.23. The number of nitrogens with two attached hydrogens (primary N) is 1. The van der Waals surface area contributed by atoms with Gasteiger partial charge in [0, 0.05) is 18.2 Å². The van der Waals surface area contributed by atoms with Crippen molar-refractivity contribution in [1.82, 2.24) is 0 Å². The van der Waals surface area contributed by atoms with E-state index in [1.54, 1.807) is 12.1 Å². The van der Waals surface area contributed by atoms with E-state index in [0.717, 1.165) is 23.8 Å². The molecule has 0 atom stereocenters. The maximum Gasteiger partial charge on any atom is 0.150 e. The average Bonchev–Trinajstić information content (AvgIpc) is 2.22. The van der Waals surface area contributed by atoms with Crippen LogP contribution in [0.5, 0.6) is 11.5 Å². The van der Waals surface area contributed by atoms with Crippen LogP contribution in [0.4, 0.5) is 14.5 Å². The van der Waals surface area contributed by atoms with Gasteiger partial charge in [0.25, 0.3) is 0 Å². The van der Waals surface area contributed by atoms with Crippen LogP contribution < -0.4 is 10.5 Å². The molecule has 0 radical (unpaired) electrons. The first kappa shape index (κ1) is 11.4. The number of rotatable bonds is 2. The van der Waals surface area contributed by atoms with Crippen molar-refractivity contribution in [2.24, 2.45) is 0 Å². The summed E-state index contributed by atoms with van der Waals surface area (Å²) in [6, 6.07) is 8.20. The van der Waals surface area contributed by atoms with E-state index in [2.05, 4.69) is 0 Å². The molecule has 2 aromatic rings. The lowest BCUT2D eigenvalue weighted by Gasteiger charge is -2.09. The number of anilines is 1. The van der Waals surface area contributed by atoms with E-state index in [0.29, 0.717) is 11.4 Å². The predicted molar refractivity (Wildman–Crippen MR) is 62.0 cm³/mol. The molecule has 4 heteroatoms. The van der Waals surface area contributed by atoms with Crippen molar-refractivity contribution in [2.75, 3.05) is 5.73 Å². The van der Waals surface area contributed by atoms with E-state index in [1.165, 1.54) is 0 Å². The molecule has 0 aliphatic heterocycles. The summed E-state index contributed by atoms with van der Waals surface area (Å²) in [5.74, 6) is -0.910. The Kier molecular flexibility index (Phi) is 2.95. The lowest BCUT2D eigenvalue weighted by atomic mass is 10.2. The van der Waals surface area contributed by atoms with Gasteiger partial charge in [-0.15, -0.1) is 0 Å². The summed E-state index contributed by atoms with van der Waals surface area (Å²) in [5.41, 5.74) is 7.07. The Balaban J connectivity index is 2.34. The molecule has 0 saturated carbocycles. The molecule has 0 saturated heterocycles. The first-order chi connectivity index (χ1) is 8.04. The highest BCUT2D eigenvalue weighted by Gasteiger charge is 2.05. The number of ether oxygens (including phenoxy) is 1. The molecule has 2 aromatic carbocycles. The second kappa shape index (κ2) is 4.41. The highest BCUT2D eigenvalue weighted by Crippen LogP contribution is 2.29. The van der Waals surface area contributed by atoms with Gasteiger partial charge < -0.3 is 10.5 Å². The van der Waals surface area contributed by atoms with Crippen LogP contribution in [0, 0.1) is 18.6 Å². The van der Waals surface area contributed by atoms with Crippen LogP contribution in [0.15, 0.2) is 36.4 Å². The molecule has 2 rings (SSSR count). The van der Waals surface area contributed by atoms with Gasteiger partial charge in [0.1, 0.15) is 17.4 Å². The Bertz CT molecular complexity index is 535. The smallest absolute Gasteiger partial charge is 0.150 e. The van der Waals surface area contributed by atoms with Crippen LogP contribution in [0.25, 0.3) is 0 Å². The van der Waals surface area contributed by atoms with Crippen molar-refractivity contribution < 1.29 is 13.5 Å². The molecule has 2 N–H and O–H groups in total. The summed E-state index contributed by atoms with van der Waals surface area (Å²) >= 11 is 0. The van der Waals surface area contributed by atoms with Gasteiger partial charge in [0.05, 0.1) is 5.69 Å². The quantitative estimate of drug-likeness (QED) is 0.806. The van der Waals surface area contributed by atoms with E-state index in [-0.39, 0.29) is 5.75 Å². The zero-order valence-corrected chi connectivity index (χ0v) is 9.21. The zero-order valence-electron chi connectivity index (χ0n) is 9.21. The number of nitrogen functional groups attached to an aromatic ring is 1. The Morgan fingerprint density at radius 1 is 1.00 bits per heavy atom. The molecule has 0 aromatic heterocycles. The number of aryl methyl sites for hydroxylation is 1. The fourth-order valence-corrected chi connectivity index (χ4v) is 1.44. The van der Waals surface area contributed by atoms with E-state index >= 15 is 0 Å². The molecule has 0 amide bonds. The van der Waals surface area contributed by atoms with E-state index in [9.17, 15) is 8.78 Å². The number of benzene rings is 2. The van der Waals surface area contributed by atoms with Gasteiger partial charge in [-0.25, -0.2) is 8.78 Å². The Morgan fingerprint density at radius 3 is 2.29 bits per heavy atom. The van der Waals surface area contributed by atoms with Crippen molar-refractivity contribution in [1.29, 1.82) is 0 Å². The summed E-state index contributed by atoms with van der Waals surface area (Å²) in [4.78, 5) is 0. The van der Waals surface area contributed by atoms with Gasteiger partial charge >= 0.3 is 0 Å². The van der Waals surface area contributed by atoms with Crippen LogP contribution in [0.1, 0.15) is 5.56 Å². The molecular weight excluding hydrogens is 224 g/mol. The number of halogens is 2. The molecule has 0 spiro atoms. The molecule has 0 bridgehead atoms. The SMILES string of the molecule is Cc1ccc(N)c(Oc2cc(F)cc(F)c2)c1. The summed E-state index contributed by atoms with van der Waals surface area (Å²) < 4.78 is 31.3. The van der Waals surface area contributed by atoms with E-state index < -0.39 is 11.6 Å². The van der Waals surface area contributed by atoms with Gasteiger partial charge in [0.15, 0.2) is 5.75 Å². The van der Waals surface area contributed by atoms with Gasteiger partial charge in [-0.1, -0.05) is 6.07 Å². The standard InChI is InChI=1S/C13H11F2NO/c1-8-2-3-12(16)13(4-8)17-11-6-9(14)5-10(15)7-11/h2-7H,16H2,1H3. The van der Waals surface area contributed by atoms with Crippen molar-refractivity contribution >= 4 is 5.69 Å². The largest absolute Gasteiger partial charge is 0.455 e. The van der Waals surface area contributed by atoms with Gasteiger partial charge in [-0.2, -0.15) is 0 Å². The van der Waals surface area contributed by atoms with Crippen LogP contribution >= 0.6 is 0 Å². The first-order valence-electron chi connectivity index (χ1n) is 5.04. The Labute approximate surface area is 97.6 Å². The van der Waals surface area contributed by atoms with Crippen molar-refractivity contribution in [3.8, 4) is 11.5 Å². The highest BCUT2D eigenvalue weighted by atomic mass is 19.1. The average molecular weight is 235 g/mol. The van der Waals surface area contributed by atoms with E-state index in [4.69, 9.17) is 10.5 Å². The second-order valence-electron chi connectivity index (χ2n) is 3.75. The maximum absolute atomic E-state index is 13.0.